The zero-order valence-electron chi connectivity index (χ0n) is 12.3. The van der Waals surface area contributed by atoms with Crippen LogP contribution in [-0.4, -0.2) is 54.6 Å². The summed E-state index contributed by atoms with van der Waals surface area (Å²) in [5.74, 6) is 2.17. The van der Waals surface area contributed by atoms with Gasteiger partial charge in [-0.25, -0.2) is 4.79 Å². The number of hydrogen-bond acceptors (Lipinski definition) is 2. The number of nitrogens with one attached hydrogen (secondary N) is 1. The second-order valence-corrected chi connectivity index (χ2v) is 6.66. The smallest absolute Gasteiger partial charge is 0.320 e. The number of carbonyl (C=O) groups excluding carboxylic acids is 1. The van der Waals surface area contributed by atoms with E-state index in [1.807, 2.05) is 0 Å². The largest absolute Gasteiger partial charge is 0.325 e. The van der Waals surface area contributed by atoms with E-state index in [1.165, 1.54) is 12.8 Å². The first-order valence-corrected chi connectivity index (χ1v) is 7.97. The molecule has 4 nitrogen and oxygen atoms in total. The number of piperidine rings is 1. The second kappa shape index (κ2) is 5.31. The van der Waals surface area contributed by atoms with Gasteiger partial charge in [-0.3, -0.25) is 0 Å². The fourth-order valence-electron chi connectivity index (χ4n) is 4.15. The van der Waals surface area contributed by atoms with Crippen molar-refractivity contribution in [3.63, 3.8) is 0 Å². The van der Waals surface area contributed by atoms with Crippen LogP contribution >= 0.6 is 0 Å². The van der Waals surface area contributed by atoms with Crippen LogP contribution < -0.4 is 5.32 Å². The lowest BCUT2D eigenvalue weighted by Crippen LogP contribution is -2.49. The molecule has 0 aliphatic carbocycles. The number of rotatable bonds is 1. The molecule has 0 radical (unpaired) electrons. The van der Waals surface area contributed by atoms with Gasteiger partial charge in [0, 0.05) is 38.8 Å². The van der Waals surface area contributed by atoms with E-state index in [0.29, 0.717) is 23.9 Å². The van der Waals surface area contributed by atoms with E-state index in [1.54, 1.807) is 0 Å². The van der Waals surface area contributed by atoms with Crippen LogP contribution in [0.25, 0.3) is 0 Å². The second-order valence-electron chi connectivity index (χ2n) is 6.66. The van der Waals surface area contributed by atoms with Gasteiger partial charge in [-0.05, 0) is 37.0 Å². The third kappa shape index (κ3) is 2.35. The average Bonchev–Trinajstić information content (AvgIpc) is 2.98. The van der Waals surface area contributed by atoms with Crippen molar-refractivity contribution < 1.29 is 4.79 Å². The summed E-state index contributed by atoms with van der Waals surface area (Å²) in [5, 5.41) is 3.48. The molecule has 3 saturated heterocycles. The molecular weight excluding hydrogens is 238 g/mol. The van der Waals surface area contributed by atoms with Crippen LogP contribution in [0.1, 0.15) is 33.1 Å². The number of likely N-dealkylation sites (tertiary alicyclic amines) is 2. The molecule has 2 amide bonds. The van der Waals surface area contributed by atoms with Crippen molar-refractivity contribution in [1.29, 1.82) is 0 Å². The van der Waals surface area contributed by atoms with Crippen molar-refractivity contribution in [2.24, 2.45) is 17.8 Å². The molecule has 0 aromatic carbocycles. The molecule has 3 heterocycles. The van der Waals surface area contributed by atoms with Crippen LogP contribution in [0.2, 0.25) is 0 Å². The predicted molar refractivity (Wildman–Crippen MR) is 76.0 cm³/mol. The van der Waals surface area contributed by atoms with Gasteiger partial charge < -0.3 is 15.1 Å². The summed E-state index contributed by atoms with van der Waals surface area (Å²) >= 11 is 0. The number of amides is 2. The maximum Gasteiger partial charge on any atom is 0.320 e. The normalized spacial score (nSPS) is 35.8. The first-order chi connectivity index (χ1) is 9.20. The molecule has 0 aromatic heterocycles. The van der Waals surface area contributed by atoms with Crippen molar-refractivity contribution in [3.8, 4) is 0 Å². The highest BCUT2D eigenvalue weighted by Gasteiger charge is 2.46. The molecule has 3 unspecified atom stereocenters. The maximum absolute atomic E-state index is 12.7. The van der Waals surface area contributed by atoms with Gasteiger partial charge in [0.2, 0.25) is 0 Å². The van der Waals surface area contributed by atoms with Crippen LogP contribution in [-0.2, 0) is 0 Å². The molecule has 0 bridgehead atoms. The highest BCUT2D eigenvalue weighted by molar-refractivity contribution is 5.75. The minimum atomic E-state index is 0.313. The highest BCUT2D eigenvalue weighted by atomic mass is 16.2. The molecule has 1 N–H and O–H groups in total. The molecule has 3 atom stereocenters. The van der Waals surface area contributed by atoms with E-state index in [9.17, 15) is 4.79 Å². The molecule has 3 rings (SSSR count). The van der Waals surface area contributed by atoms with E-state index >= 15 is 0 Å². The minimum Gasteiger partial charge on any atom is -0.325 e. The Morgan fingerprint density at radius 2 is 2.00 bits per heavy atom. The first kappa shape index (κ1) is 13.2. The van der Waals surface area contributed by atoms with Gasteiger partial charge in [0.25, 0.3) is 0 Å². The summed E-state index contributed by atoms with van der Waals surface area (Å²) < 4.78 is 0. The van der Waals surface area contributed by atoms with Crippen LogP contribution in [0, 0.1) is 17.8 Å². The van der Waals surface area contributed by atoms with Gasteiger partial charge in [0.1, 0.15) is 0 Å². The van der Waals surface area contributed by atoms with Gasteiger partial charge in [-0.1, -0.05) is 13.8 Å². The van der Waals surface area contributed by atoms with E-state index in [-0.39, 0.29) is 0 Å². The molecule has 0 spiro atoms. The molecular formula is C15H27N3O. The highest BCUT2D eigenvalue weighted by Crippen LogP contribution is 2.35. The SMILES string of the molecule is CCC1C2CNCC2CN1C(=O)N1CCC(C)CC1. The fraction of sp³-hybridized carbons (Fsp3) is 0.933. The maximum atomic E-state index is 12.7. The van der Waals surface area contributed by atoms with Gasteiger partial charge in [-0.15, -0.1) is 0 Å². The molecule has 0 saturated carbocycles. The molecule has 108 valence electrons. The zero-order chi connectivity index (χ0) is 13.4. The fourth-order valence-corrected chi connectivity index (χ4v) is 4.15. The lowest BCUT2D eigenvalue weighted by atomic mass is 9.93. The molecule has 4 heteroatoms. The number of nitrogens with zero attached hydrogens (tertiary/aromatic N) is 2. The Kier molecular flexibility index (Phi) is 3.70. The third-order valence-electron chi connectivity index (χ3n) is 5.44. The molecule has 3 aliphatic heterocycles. The van der Waals surface area contributed by atoms with E-state index in [0.717, 1.165) is 45.1 Å². The predicted octanol–water partition coefficient (Wildman–Crippen LogP) is 1.77. The Bertz CT molecular complexity index is 338. The lowest BCUT2D eigenvalue weighted by Gasteiger charge is -2.36. The van der Waals surface area contributed by atoms with Crippen LogP contribution in [0.5, 0.6) is 0 Å². The van der Waals surface area contributed by atoms with Crippen molar-refractivity contribution in [3.05, 3.63) is 0 Å². The van der Waals surface area contributed by atoms with Crippen LogP contribution in [0.3, 0.4) is 0 Å². The Morgan fingerprint density at radius 1 is 1.26 bits per heavy atom. The summed E-state index contributed by atoms with van der Waals surface area (Å²) in [6.45, 7) is 9.61. The Balaban J connectivity index is 1.66. The topological polar surface area (TPSA) is 35.6 Å². The summed E-state index contributed by atoms with van der Waals surface area (Å²) in [6, 6.07) is 0.778. The van der Waals surface area contributed by atoms with E-state index in [2.05, 4.69) is 29.0 Å². The summed E-state index contributed by atoms with van der Waals surface area (Å²) in [4.78, 5) is 17.0. The molecule has 3 aliphatic rings. The summed E-state index contributed by atoms with van der Waals surface area (Å²) in [5.41, 5.74) is 0. The Labute approximate surface area is 116 Å². The van der Waals surface area contributed by atoms with Gasteiger partial charge in [0.05, 0.1) is 0 Å². The van der Waals surface area contributed by atoms with E-state index in [4.69, 9.17) is 0 Å². The number of fused-ring (bicyclic) bond motifs is 1. The average molecular weight is 265 g/mol. The van der Waals surface area contributed by atoms with Crippen molar-refractivity contribution in [2.45, 2.75) is 39.2 Å². The molecule has 0 aromatic rings. The van der Waals surface area contributed by atoms with Crippen molar-refractivity contribution in [1.82, 2.24) is 15.1 Å². The summed E-state index contributed by atoms with van der Waals surface area (Å²) in [7, 11) is 0. The monoisotopic (exact) mass is 265 g/mol. The van der Waals surface area contributed by atoms with Gasteiger partial charge >= 0.3 is 6.03 Å². The molecule has 19 heavy (non-hydrogen) atoms. The number of urea groups is 1. The Morgan fingerprint density at radius 3 is 2.68 bits per heavy atom. The van der Waals surface area contributed by atoms with Gasteiger partial charge in [-0.2, -0.15) is 0 Å². The first-order valence-electron chi connectivity index (χ1n) is 7.97. The minimum absolute atomic E-state index is 0.313. The lowest BCUT2D eigenvalue weighted by molar-refractivity contribution is 0.124. The van der Waals surface area contributed by atoms with E-state index < -0.39 is 0 Å². The van der Waals surface area contributed by atoms with Crippen LogP contribution in [0.4, 0.5) is 4.79 Å². The van der Waals surface area contributed by atoms with Crippen molar-refractivity contribution >= 4 is 6.03 Å². The summed E-state index contributed by atoms with van der Waals surface area (Å²) in [6.07, 6.45) is 3.44. The van der Waals surface area contributed by atoms with Crippen molar-refractivity contribution in [2.75, 3.05) is 32.7 Å². The third-order valence-corrected chi connectivity index (χ3v) is 5.44. The van der Waals surface area contributed by atoms with Gasteiger partial charge in [0.15, 0.2) is 0 Å². The number of hydrogen-bond donors (Lipinski definition) is 1. The quantitative estimate of drug-likeness (QED) is 0.784. The number of carbonyl (C=O) groups is 1. The zero-order valence-corrected chi connectivity index (χ0v) is 12.3. The van der Waals surface area contributed by atoms with Crippen LogP contribution in [0.15, 0.2) is 0 Å². The Hall–Kier alpha value is -0.770. The standard InChI is InChI=1S/C15H27N3O/c1-3-14-13-9-16-8-12(13)10-18(14)15(19)17-6-4-11(2)5-7-17/h11-14,16H,3-10H2,1-2H3. The molecule has 3 fully saturated rings.